The summed E-state index contributed by atoms with van der Waals surface area (Å²) in [5.41, 5.74) is 1.13. The predicted molar refractivity (Wildman–Crippen MR) is 57.0 cm³/mol. The standard InChI is InChI=1S/C11H15BO2/c1-11(2)9-13-12(14-11)8-10-6-4-3-5-7-10/h3-7H,8-9H2,1-2H3. The van der Waals surface area contributed by atoms with Gasteiger partial charge in [0, 0.05) is 6.32 Å². The van der Waals surface area contributed by atoms with Crippen LogP contribution in [0.4, 0.5) is 0 Å². The highest BCUT2D eigenvalue weighted by Crippen LogP contribution is 2.21. The Morgan fingerprint density at radius 1 is 1.29 bits per heavy atom. The van der Waals surface area contributed by atoms with Crippen LogP contribution < -0.4 is 0 Å². The van der Waals surface area contributed by atoms with E-state index in [0.29, 0.717) is 6.61 Å². The predicted octanol–water partition coefficient (Wildman–Crippen LogP) is 2.08. The van der Waals surface area contributed by atoms with Crippen LogP contribution in [0.15, 0.2) is 30.3 Å². The maximum atomic E-state index is 5.73. The lowest BCUT2D eigenvalue weighted by Crippen LogP contribution is -2.25. The molecule has 1 aliphatic heterocycles. The summed E-state index contributed by atoms with van der Waals surface area (Å²) < 4.78 is 11.3. The van der Waals surface area contributed by atoms with Gasteiger partial charge in [0.1, 0.15) is 0 Å². The fourth-order valence-electron chi connectivity index (χ4n) is 1.62. The van der Waals surface area contributed by atoms with Crippen molar-refractivity contribution in [3.05, 3.63) is 35.9 Å². The molecule has 74 valence electrons. The van der Waals surface area contributed by atoms with E-state index in [9.17, 15) is 0 Å². The van der Waals surface area contributed by atoms with E-state index in [-0.39, 0.29) is 12.7 Å². The van der Waals surface area contributed by atoms with Crippen LogP contribution in [0.5, 0.6) is 0 Å². The van der Waals surface area contributed by atoms with Gasteiger partial charge >= 0.3 is 7.12 Å². The lowest BCUT2D eigenvalue weighted by molar-refractivity contribution is 0.135. The van der Waals surface area contributed by atoms with E-state index in [0.717, 1.165) is 6.32 Å². The molecule has 0 aliphatic carbocycles. The average molecular weight is 190 g/mol. The summed E-state index contributed by atoms with van der Waals surface area (Å²) in [7, 11) is -0.0765. The Labute approximate surface area is 85.4 Å². The zero-order chi connectivity index (χ0) is 10.0. The molecule has 0 N–H and O–H groups in total. The van der Waals surface area contributed by atoms with Crippen LogP contribution in [0.2, 0.25) is 0 Å². The third-order valence-corrected chi connectivity index (χ3v) is 2.31. The Morgan fingerprint density at radius 3 is 2.57 bits per heavy atom. The molecule has 0 bridgehead atoms. The Kier molecular flexibility index (Phi) is 2.61. The highest BCUT2D eigenvalue weighted by Gasteiger charge is 2.36. The first-order valence-electron chi connectivity index (χ1n) is 4.99. The quantitative estimate of drug-likeness (QED) is 0.664. The third-order valence-electron chi connectivity index (χ3n) is 2.31. The van der Waals surface area contributed by atoms with Crippen LogP contribution in [-0.4, -0.2) is 19.3 Å². The van der Waals surface area contributed by atoms with E-state index in [2.05, 4.69) is 26.0 Å². The van der Waals surface area contributed by atoms with Crippen molar-refractivity contribution in [1.29, 1.82) is 0 Å². The van der Waals surface area contributed by atoms with Gasteiger partial charge in [-0.25, -0.2) is 0 Å². The van der Waals surface area contributed by atoms with Crippen molar-refractivity contribution in [2.24, 2.45) is 0 Å². The van der Waals surface area contributed by atoms with Crippen molar-refractivity contribution in [1.82, 2.24) is 0 Å². The van der Waals surface area contributed by atoms with Gasteiger partial charge in [0.05, 0.1) is 12.2 Å². The van der Waals surface area contributed by atoms with E-state index >= 15 is 0 Å². The molecule has 14 heavy (non-hydrogen) atoms. The highest BCUT2D eigenvalue weighted by molar-refractivity contribution is 6.44. The van der Waals surface area contributed by atoms with E-state index in [1.165, 1.54) is 5.56 Å². The van der Waals surface area contributed by atoms with Crippen molar-refractivity contribution in [3.63, 3.8) is 0 Å². The third kappa shape index (κ3) is 2.37. The van der Waals surface area contributed by atoms with Crippen LogP contribution in [0, 0.1) is 0 Å². The summed E-state index contributed by atoms with van der Waals surface area (Å²) in [5, 5.41) is 0. The minimum atomic E-state index is -0.126. The van der Waals surface area contributed by atoms with Gasteiger partial charge in [0.25, 0.3) is 0 Å². The fraction of sp³-hybridized carbons (Fsp3) is 0.455. The van der Waals surface area contributed by atoms with Crippen LogP contribution in [-0.2, 0) is 15.6 Å². The summed E-state index contributed by atoms with van der Waals surface area (Å²) in [4.78, 5) is 0. The largest absolute Gasteiger partial charge is 0.462 e. The molecule has 3 heteroatoms. The molecule has 0 saturated carbocycles. The Morgan fingerprint density at radius 2 is 2.00 bits per heavy atom. The second-order valence-electron chi connectivity index (χ2n) is 4.31. The van der Waals surface area contributed by atoms with Crippen molar-refractivity contribution in [3.8, 4) is 0 Å². The summed E-state index contributed by atoms with van der Waals surface area (Å²) in [6, 6.07) is 10.3. The molecular weight excluding hydrogens is 175 g/mol. The summed E-state index contributed by atoms with van der Waals surface area (Å²) in [6.45, 7) is 4.79. The zero-order valence-corrected chi connectivity index (χ0v) is 8.69. The number of benzene rings is 1. The summed E-state index contributed by atoms with van der Waals surface area (Å²) >= 11 is 0. The molecule has 2 rings (SSSR count). The fourth-order valence-corrected chi connectivity index (χ4v) is 1.62. The molecule has 0 amide bonds. The molecule has 0 aromatic heterocycles. The molecular formula is C11H15BO2. The van der Waals surface area contributed by atoms with Crippen LogP contribution in [0.25, 0.3) is 0 Å². The minimum absolute atomic E-state index is 0.0765. The van der Waals surface area contributed by atoms with Gasteiger partial charge < -0.3 is 9.31 Å². The number of rotatable bonds is 2. The SMILES string of the molecule is CC1(C)COB(Cc2ccccc2)O1. The first kappa shape index (κ1) is 9.75. The topological polar surface area (TPSA) is 18.5 Å². The molecule has 2 nitrogen and oxygen atoms in total. The second-order valence-corrected chi connectivity index (χ2v) is 4.31. The zero-order valence-electron chi connectivity index (χ0n) is 8.69. The van der Waals surface area contributed by atoms with Crippen molar-refractivity contribution < 1.29 is 9.31 Å². The van der Waals surface area contributed by atoms with Gasteiger partial charge in [-0.3, -0.25) is 0 Å². The Bertz CT molecular complexity index is 297. The van der Waals surface area contributed by atoms with Gasteiger partial charge in [-0.1, -0.05) is 35.9 Å². The maximum absolute atomic E-state index is 5.73. The monoisotopic (exact) mass is 190 g/mol. The molecule has 1 saturated heterocycles. The molecule has 0 unspecified atom stereocenters. The first-order valence-corrected chi connectivity index (χ1v) is 4.99. The molecule has 0 radical (unpaired) electrons. The summed E-state index contributed by atoms with van der Waals surface area (Å²) in [5.74, 6) is 0. The smallest absolute Gasteiger partial charge is 0.408 e. The highest BCUT2D eigenvalue weighted by atomic mass is 16.7. The van der Waals surface area contributed by atoms with Crippen LogP contribution in [0.3, 0.4) is 0 Å². The second kappa shape index (κ2) is 3.75. The first-order chi connectivity index (χ1) is 6.66. The summed E-state index contributed by atoms with van der Waals surface area (Å²) in [6.07, 6.45) is 0.838. The molecule has 1 aromatic carbocycles. The molecule has 1 fully saturated rings. The van der Waals surface area contributed by atoms with E-state index in [4.69, 9.17) is 9.31 Å². The van der Waals surface area contributed by atoms with Gasteiger partial charge in [0.2, 0.25) is 0 Å². The van der Waals surface area contributed by atoms with Crippen molar-refractivity contribution >= 4 is 7.12 Å². The van der Waals surface area contributed by atoms with E-state index in [1.807, 2.05) is 18.2 Å². The van der Waals surface area contributed by atoms with Crippen LogP contribution in [0.1, 0.15) is 19.4 Å². The molecule has 1 aromatic rings. The van der Waals surface area contributed by atoms with Gasteiger partial charge in [0.15, 0.2) is 0 Å². The molecule has 1 aliphatic rings. The average Bonchev–Trinajstić information content (AvgIpc) is 2.47. The van der Waals surface area contributed by atoms with Crippen LogP contribution >= 0.6 is 0 Å². The van der Waals surface area contributed by atoms with Crippen molar-refractivity contribution in [2.75, 3.05) is 6.61 Å². The van der Waals surface area contributed by atoms with E-state index < -0.39 is 0 Å². The molecule has 0 spiro atoms. The minimum Gasteiger partial charge on any atom is -0.408 e. The lowest BCUT2D eigenvalue weighted by Gasteiger charge is -2.15. The Hall–Kier alpha value is -0.795. The molecule has 1 heterocycles. The molecule has 0 atom stereocenters. The van der Waals surface area contributed by atoms with Gasteiger partial charge in [-0.05, 0) is 13.8 Å². The number of hydrogen-bond donors (Lipinski definition) is 0. The van der Waals surface area contributed by atoms with Crippen molar-refractivity contribution in [2.45, 2.75) is 25.8 Å². The maximum Gasteiger partial charge on any atom is 0.462 e. The normalized spacial score (nSPS) is 20.0. The van der Waals surface area contributed by atoms with E-state index in [1.54, 1.807) is 0 Å². The van der Waals surface area contributed by atoms with Gasteiger partial charge in [-0.2, -0.15) is 0 Å². The Balaban J connectivity index is 1.94. The number of hydrogen-bond acceptors (Lipinski definition) is 2. The lowest BCUT2D eigenvalue weighted by atomic mass is 9.81. The van der Waals surface area contributed by atoms with Gasteiger partial charge in [-0.15, -0.1) is 0 Å².